The van der Waals surface area contributed by atoms with Gasteiger partial charge in [0.1, 0.15) is 17.5 Å². The zero-order valence-electron chi connectivity index (χ0n) is 19.5. The van der Waals surface area contributed by atoms with Gasteiger partial charge in [-0.25, -0.2) is 0 Å². The van der Waals surface area contributed by atoms with Crippen molar-refractivity contribution in [2.45, 2.75) is 52.1 Å². The Morgan fingerprint density at radius 3 is 2.55 bits per heavy atom. The fourth-order valence-corrected chi connectivity index (χ4v) is 4.12. The van der Waals surface area contributed by atoms with Gasteiger partial charge in [0.2, 0.25) is 11.8 Å². The van der Waals surface area contributed by atoms with E-state index in [4.69, 9.17) is 4.74 Å². The number of methoxy groups -OCH3 is 1. The first-order chi connectivity index (χ1) is 15.7. The van der Waals surface area contributed by atoms with E-state index in [0.29, 0.717) is 30.8 Å². The smallest absolute Gasteiger partial charge is 0.268 e. The van der Waals surface area contributed by atoms with Crippen molar-refractivity contribution in [2.24, 2.45) is 11.8 Å². The van der Waals surface area contributed by atoms with Crippen LogP contribution in [0.2, 0.25) is 0 Å². The maximum Gasteiger partial charge on any atom is 0.268 e. The van der Waals surface area contributed by atoms with Crippen LogP contribution in [0.5, 0.6) is 5.75 Å². The van der Waals surface area contributed by atoms with Gasteiger partial charge in [-0.2, -0.15) is 0 Å². The lowest BCUT2D eigenvalue weighted by atomic mass is 9.95. The molecular formula is C24H32N4O5. The summed E-state index contributed by atoms with van der Waals surface area (Å²) in [5, 5.41) is 9.07. The van der Waals surface area contributed by atoms with Gasteiger partial charge < -0.3 is 25.7 Å². The second-order valence-corrected chi connectivity index (χ2v) is 8.94. The standard InChI is InChI=1S/C24H32N4O5/c1-13(2)10-19(23(31)27-18(14(3)29)11-15-8-9-25-22(15)30)28-24(32)20-12-16-17(26-20)6-5-7-21(16)33-4/h5-7,12-13,15,18-19,26H,8-11H2,1-4H3,(H,25,30)(H,27,31)(H,28,32)/t15-,18?,19-/m0/s1. The zero-order valence-corrected chi connectivity index (χ0v) is 19.5. The van der Waals surface area contributed by atoms with Crippen molar-refractivity contribution in [3.8, 4) is 5.75 Å². The highest BCUT2D eigenvalue weighted by Gasteiger charge is 2.32. The highest BCUT2D eigenvalue weighted by molar-refractivity contribution is 6.01. The molecule has 2 heterocycles. The van der Waals surface area contributed by atoms with Crippen LogP contribution < -0.4 is 20.7 Å². The molecule has 2 aromatic rings. The van der Waals surface area contributed by atoms with E-state index in [1.54, 1.807) is 19.2 Å². The Balaban J connectivity index is 1.74. The number of nitrogens with one attached hydrogen (secondary N) is 4. The van der Waals surface area contributed by atoms with Crippen LogP contribution in [-0.4, -0.2) is 54.2 Å². The second-order valence-electron chi connectivity index (χ2n) is 8.94. The van der Waals surface area contributed by atoms with Gasteiger partial charge in [-0.15, -0.1) is 0 Å². The summed E-state index contributed by atoms with van der Waals surface area (Å²) >= 11 is 0. The second kappa shape index (κ2) is 10.5. The first-order valence-corrected chi connectivity index (χ1v) is 11.2. The molecule has 1 aliphatic rings. The molecule has 1 unspecified atom stereocenters. The van der Waals surface area contributed by atoms with Crippen molar-refractivity contribution in [1.29, 1.82) is 0 Å². The third kappa shape index (κ3) is 5.91. The van der Waals surface area contributed by atoms with Crippen molar-refractivity contribution in [3.05, 3.63) is 30.0 Å². The van der Waals surface area contributed by atoms with E-state index in [2.05, 4.69) is 20.9 Å². The summed E-state index contributed by atoms with van der Waals surface area (Å²) in [6.45, 7) is 5.87. The predicted molar refractivity (Wildman–Crippen MR) is 124 cm³/mol. The normalized spacial score (nSPS) is 17.5. The summed E-state index contributed by atoms with van der Waals surface area (Å²) in [5.74, 6) is -0.733. The Bertz CT molecular complexity index is 1040. The van der Waals surface area contributed by atoms with Gasteiger partial charge in [-0.3, -0.25) is 19.2 Å². The van der Waals surface area contributed by atoms with E-state index in [0.717, 1.165) is 10.9 Å². The number of carbonyl (C=O) groups is 4. The molecule has 0 radical (unpaired) electrons. The van der Waals surface area contributed by atoms with Gasteiger partial charge in [-0.1, -0.05) is 19.9 Å². The highest BCUT2D eigenvalue weighted by atomic mass is 16.5. The molecule has 1 aromatic heterocycles. The molecule has 3 rings (SSSR count). The van der Waals surface area contributed by atoms with E-state index < -0.39 is 23.9 Å². The van der Waals surface area contributed by atoms with E-state index in [1.807, 2.05) is 26.0 Å². The number of amides is 3. The molecule has 0 aliphatic carbocycles. The van der Waals surface area contributed by atoms with Gasteiger partial charge in [0.05, 0.1) is 13.2 Å². The summed E-state index contributed by atoms with van der Waals surface area (Å²) < 4.78 is 5.34. The number of Topliss-reactive ketones (excluding diaryl/α,β-unsaturated/α-hetero) is 1. The quantitative estimate of drug-likeness (QED) is 0.434. The minimum Gasteiger partial charge on any atom is -0.496 e. The van der Waals surface area contributed by atoms with Crippen LogP contribution in [0, 0.1) is 11.8 Å². The number of aromatic nitrogens is 1. The fourth-order valence-electron chi connectivity index (χ4n) is 4.12. The van der Waals surface area contributed by atoms with Crippen molar-refractivity contribution in [3.63, 3.8) is 0 Å². The van der Waals surface area contributed by atoms with Crippen LogP contribution in [-0.2, 0) is 14.4 Å². The average molecular weight is 457 g/mol. The topological polar surface area (TPSA) is 129 Å². The van der Waals surface area contributed by atoms with E-state index >= 15 is 0 Å². The van der Waals surface area contributed by atoms with Crippen molar-refractivity contribution >= 4 is 34.4 Å². The number of benzene rings is 1. The summed E-state index contributed by atoms with van der Waals surface area (Å²) in [6.07, 6.45) is 1.28. The predicted octanol–water partition coefficient (Wildman–Crippen LogP) is 1.92. The highest BCUT2D eigenvalue weighted by Crippen LogP contribution is 2.26. The average Bonchev–Trinajstić information content (AvgIpc) is 3.38. The van der Waals surface area contributed by atoms with Crippen LogP contribution in [0.25, 0.3) is 10.9 Å². The van der Waals surface area contributed by atoms with E-state index in [1.165, 1.54) is 6.92 Å². The molecule has 0 bridgehead atoms. The van der Waals surface area contributed by atoms with Gasteiger partial charge in [-0.05, 0) is 50.3 Å². The number of hydrogen-bond acceptors (Lipinski definition) is 5. The molecule has 9 nitrogen and oxygen atoms in total. The molecule has 9 heteroatoms. The van der Waals surface area contributed by atoms with Crippen molar-refractivity contribution < 1.29 is 23.9 Å². The number of ether oxygens (including phenoxy) is 1. The molecule has 178 valence electrons. The third-order valence-electron chi connectivity index (χ3n) is 5.91. The number of aromatic amines is 1. The molecule has 4 N–H and O–H groups in total. The molecule has 0 saturated carbocycles. The lowest BCUT2D eigenvalue weighted by Crippen LogP contribution is -2.52. The molecule has 1 aromatic carbocycles. The minimum atomic E-state index is -0.829. The maximum atomic E-state index is 13.1. The molecule has 3 atom stereocenters. The third-order valence-corrected chi connectivity index (χ3v) is 5.91. The molecule has 1 saturated heterocycles. The first-order valence-electron chi connectivity index (χ1n) is 11.2. The Hall–Kier alpha value is -3.36. The van der Waals surface area contributed by atoms with Gasteiger partial charge in [0.15, 0.2) is 5.78 Å². The SMILES string of the molecule is COc1cccc2[nH]c(C(=O)N[C@@H](CC(C)C)C(=O)NC(C[C@@H]3CCNC3=O)C(C)=O)cc12. The number of H-pyrrole nitrogens is 1. The van der Waals surface area contributed by atoms with Crippen LogP contribution in [0.1, 0.15) is 50.5 Å². The Kier molecular flexibility index (Phi) is 7.73. The van der Waals surface area contributed by atoms with Crippen LogP contribution in [0.4, 0.5) is 0 Å². The monoisotopic (exact) mass is 456 g/mol. The van der Waals surface area contributed by atoms with Crippen LogP contribution >= 0.6 is 0 Å². The molecule has 1 aliphatic heterocycles. The Labute approximate surface area is 193 Å². The maximum absolute atomic E-state index is 13.1. The number of fused-ring (bicyclic) bond motifs is 1. The molecule has 1 fully saturated rings. The van der Waals surface area contributed by atoms with E-state index in [-0.39, 0.29) is 29.9 Å². The fraction of sp³-hybridized carbons (Fsp3) is 0.500. The van der Waals surface area contributed by atoms with Gasteiger partial charge in [0.25, 0.3) is 5.91 Å². The number of carbonyl (C=O) groups excluding carboxylic acids is 4. The van der Waals surface area contributed by atoms with Crippen molar-refractivity contribution in [2.75, 3.05) is 13.7 Å². The summed E-state index contributed by atoms with van der Waals surface area (Å²) in [5.41, 5.74) is 1.05. The minimum absolute atomic E-state index is 0.100. The summed E-state index contributed by atoms with van der Waals surface area (Å²) in [6, 6.07) is 5.54. The number of ketones is 1. The van der Waals surface area contributed by atoms with E-state index in [9.17, 15) is 19.2 Å². The lowest BCUT2D eigenvalue weighted by molar-refractivity contribution is -0.129. The zero-order chi connectivity index (χ0) is 24.1. The Morgan fingerprint density at radius 1 is 1.18 bits per heavy atom. The summed E-state index contributed by atoms with van der Waals surface area (Å²) in [4.78, 5) is 53.2. The lowest BCUT2D eigenvalue weighted by Gasteiger charge is -2.24. The first kappa shape index (κ1) is 24.3. The Morgan fingerprint density at radius 2 is 1.94 bits per heavy atom. The van der Waals surface area contributed by atoms with Crippen LogP contribution in [0.3, 0.4) is 0 Å². The largest absolute Gasteiger partial charge is 0.496 e. The molecular weight excluding hydrogens is 424 g/mol. The molecule has 33 heavy (non-hydrogen) atoms. The molecule has 3 amide bonds. The summed E-state index contributed by atoms with van der Waals surface area (Å²) in [7, 11) is 1.56. The van der Waals surface area contributed by atoms with Crippen molar-refractivity contribution in [1.82, 2.24) is 20.9 Å². The van der Waals surface area contributed by atoms with Gasteiger partial charge in [0, 0.05) is 23.4 Å². The number of rotatable bonds is 10. The van der Waals surface area contributed by atoms with Gasteiger partial charge >= 0.3 is 0 Å². The molecule has 0 spiro atoms. The van der Waals surface area contributed by atoms with Crippen LogP contribution in [0.15, 0.2) is 24.3 Å². The number of hydrogen-bond donors (Lipinski definition) is 4.